The molecule has 0 rings (SSSR count). The first kappa shape index (κ1) is 57.1. The Morgan fingerprint density at radius 3 is 1.18 bits per heavy atom. The van der Waals surface area contributed by atoms with Crippen molar-refractivity contribution in [2.75, 3.05) is 13.2 Å². The van der Waals surface area contributed by atoms with Gasteiger partial charge in [-0.05, 0) is 64.2 Å². The maximum Gasteiger partial charge on any atom is 0.306 e. The van der Waals surface area contributed by atoms with E-state index in [0.29, 0.717) is 19.3 Å². The normalized spacial score (nSPS) is 12.5. The second-order valence-corrected chi connectivity index (χ2v) is 16.7. The molecule has 0 aliphatic rings. The molecule has 60 heavy (non-hydrogen) atoms. The molecule has 0 saturated heterocycles. The average molecular weight is 839 g/mol. The summed E-state index contributed by atoms with van der Waals surface area (Å²) < 4.78 is 16.8. The standard InChI is InChI=1S/C54H94O6/c1-4-7-10-13-16-19-22-25-27-30-32-35-38-41-44-47-53(56)59-50-51(49-58-52(55)46-43-40-37-34-31-28-24-21-18-15-12-9-6-3)60-54(57)48-45-42-39-36-33-29-26-23-20-17-14-11-8-5-2/h8-9,11-12,15,17-18,20-21,24,51H,4-7,10,13-14,16,19,22-23,25-50H2,1-3H3/b11-8+,12-9+,18-15+,20-17+,24-21+. The Bertz CT molecular complexity index is 1100. The Morgan fingerprint density at radius 1 is 0.367 bits per heavy atom. The van der Waals surface area contributed by atoms with Gasteiger partial charge in [0.05, 0.1) is 0 Å². The fourth-order valence-electron chi connectivity index (χ4n) is 7.07. The van der Waals surface area contributed by atoms with E-state index in [4.69, 9.17) is 14.2 Å². The van der Waals surface area contributed by atoms with Gasteiger partial charge in [0.2, 0.25) is 0 Å². The van der Waals surface area contributed by atoms with Gasteiger partial charge in [0.1, 0.15) is 13.2 Å². The van der Waals surface area contributed by atoms with Gasteiger partial charge in [-0.15, -0.1) is 0 Å². The predicted molar refractivity (Wildman–Crippen MR) is 256 cm³/mol. The summed E-state index contributed by atoms with van der Waals surface area (Å²) in [6.07, 6.45) is 59.2. The third-order valence-corrected chi connectivity index (χ3v) is 10.8. The van der Waals surface area contributed by atoms with Crippen molar-refractivity contribution >= 4 is 17.9 Å². The summed E-state index contributed by atoms with van der Waals surface area (Å²) in [5, 5.41) is 0. The van der Waals surface area contributed by atoms with E-state index in [1.807, 2.05) is 0 Å². The van der Waals surface area contributed by atoms with Gasteiger partial charge >= 0.3 is 17.9 Å². The summed E-state index contributed by atoms with van der Waals surface area (Å²) in [7, 11) is 0. The van der Waals surface area contributed by atoms with Crippen LogP contribution in [0.1, 0.15) is 245 Å². The van der Waals surface area contributed by atoms with Crippen LogP contribution < -0.4 is 0 Å². The third kappa shape index (κ3) is 46.2. The van der Waals surface area contributed by atoms with Crippen molar-refractivity contribution in [2.45, 2.75) is 252 Å². The first-order valence-electron chi connectivity index (χ1n) is 25.3. The second kappa shape index (κ2) is 48.8. The highest BCUT2D eigenvalue weighted by Gasteiger charge is 2.19. The van der Waals surface area contributed by atoms with Gasteiger partial charge in [-0.1, -0.05) is 223 Å². The molecule has 6 heteroatoms. The smallest absolute Gasteiger partial charge is 0.306 e. The number of ether oxygens (including phenoxy) is 3. The van der Waals surface area contributed by atoms with Crippen LogP contribution in [0.3, 0.4) is 0 Å². The quantitative estimate of drug-likeness (QED) is 0.0200. The molecule has 0 aromatic heterocycles. The maximum atomic E-state index is 12.8. The molecule has 0 aliphatic carbocycles. The SMILES string of the molecule is CC/C=C/C=C/C=C/CCCCCCCC(=O)OCC(COC(=O)CCCCCCCCCCCCCCCCC)OC(=O)CCCCCCCCC/C=C/C/C=C/CC. The van der Waals surface area contributed by atoms with Crippen molar-refractivity contribution in [1.82, 2.24) is 0 Å². The molecule has 0 amide bonds. The molecule has 0 bridgehead atoms. The van der Waals surface area contributed by atoms with E-state index in [-0.39, 0.29) is 31.1 Å². The third-order valence-electron chi connectivity index (χ3n) is 10.8. The molecule has 0 aromatic carbocycles. The number of esters is 3. The number of carbonyl (C=O) groups excluding carboxylic acids is 3. The van der Waals surface area contributed by atoms with Gasteiger partial charge in [-0.25, -0.2) is 0 Å². The molecule has 0 fully saturated rings. The monoisotopic (exact) mass is 839 g/mol. The van der Waals surface area contributed by atoms with Crippen molar-refractivity contribution in [1.29, 1.82) is 0 Å². The van der Waals surface area contributed by atoms with E-state index in [9.17, 15) is 14.4 Å². The lowest BCUT2D eigenvalue weighted by molar-refractivity contribution is -0.167. The Hall–Kier alpha value is -2.89. The summed E-state index contributed by atoms with van der Waals surface area (Å²) in [5.74, 6) is -0.908. The molecule has 6 nitrogen and oxygen atoms in total. The molecule has 1 unspecified atom stereocenters. The van der Waals surface area contributed by atoms with Crippen LogP contribution in [0.5, 0.6) is 0 Å². The van der Waals surface area contributed by atoms with Crippen molar-refractivity contribution in [3.05, 3.63) is 60.8 Å². The first-order valence-corrected chi connectivity index (χ1v) is 25.3. The van der Waals surface area contributed by atoms with E-state index in [0.717, 1.165) is 103 Å². The van der Waals surface area contributed by atoms with Crippen molar-refractivity contribution in [2.24, 2.45) is 0 Å². The topological polar surface area (TPSA) is 78.9 Å². The fraction of sp³-hybridized carbons (Fsp3) is 0.759. The molecule has 346 valence electrons. The first-order chi connectivity index (χ1) is 29.5. The lowest BCUT2D eigenvalue weighted by Crippen LogP contribution is -2.30. The largest absolute Gasteiger partial charge is 0.462 e. The lowest BCUT2D eigenvalue weighted by Gasteiger charge is -2.18. The number of carbonyl (C=O) groups is 3. The highest BCUT2D eigenvalue weighted by Crippen LogP contribution is 2.15. The van der Waals surface area contributed by atoms with E-state index < -0.39 is 6.10 Å². The van der Waals surface area contributed by atoms with E-state index >= 15 is 0 Å². The molecule has 0 N–H and O–H groups in total. The number of unbranched alkanes of at least 4 members (excludes halogenated alkanes) is 26. The Kier molecular flexibility index (Phi) is 46.4. The van der Waals surface area contributed by atoms with E-state index in [1.54, 1.807) is 0 Å². The van der Waals surface area contributed by atoms with Crippen LogP contribution >= 0.6 is 0 Å². The highest BCUT2D eigenvalue weighted by atomic mass is 16.6. The zero-order valence-electron chi connectivity index (χ0n) is 39.5. The molecule has 0 heterocycles. The highest BCUT2D eigenvalue weighted by molar-refractivity contribution is 5.71. The zero-order valence-corrected chi connectivity index (χ0v) is 39.5. The van der Waals surface area contributed by atoms with Crippen LogP contribution in [-0.4, -0.2) is 37.2 Å². The van der Waals surface area contributed by atoms with E-state index in [2.05, 4.69) is 81.5 Å². The Labute approximate surface area is 370 Å². The fourth-order valence-corrected chi connectivity index (χ4v) is 7.07. The number of rotatable bonds is 45. The van der Waals surface area contributed by atoms with Crippen LogP contribution in [0.25, 0.3) is 0 Å². The molecule has 0 radical (unpaired) electrons. The van der Waals surface area contributed by atoms with Crippen LogP contribution in [-0.2, 0) is 28.6 Å². The minimum Gasteiger partial charge on any atom is -0.462 e. The zero-order chi connectivity index (χ0) is 43.7. The Balaban J connectivity index is 4.39. The maximum absolute atomic E-state index is 12.8. The number of hydrogen-bond donors (Lipinski definition) is 0. The minimum atomic E-state index is -0.784. The molecule has 0 aliphatic heterocycles. The van der Waals surface area contributed by atoms with E-state index in [1.165, 1.54) is 103 Å². The van der Waals surface area contributed by atoms with Crippen LogP contribution in [0, 0.1) is 0 Å². The second-order valence-electron chi connectivity index (χ2n) is 16.7. The lowest BCUT2D eigenvalue weighted by atomic mass is 10.0. The number of allylic oxidation sites excluding steroid dienone is 10. The molecular formula is C54H94O6. The molecule has 0 spiro atoms. The van der Waals surface area contributed by atoms with Crippen molar-refractivity contribution in [3.8, 4) is 0 Å². The molecule has 0 aromatic rings. The van der Waals surface area contributed by atoms with Gasteiger partial charge in [0.25, 0.3) is 0 Å². The Morgan fingerprint density at radius 2 is 0.733 bits per heavy atom. The summed E-state index contributed by atoms with van der Waals surface area (Å²) in [6, 6.07) is 0. The minimum absolute atomic E-state index is 0.0824. The summed E-state index contributed by atoms with van der Waals surface area (Å²) in [5.41, 5.74) is 0. The molecular weight excluding hydrogens is 745 g/mol. The van der Waals surface area contributed by atoms with Gasteiger partial charge in [0, 0.05) is 19.3 Å². The summed E-state index contributed by atoms with van der Waals surface area (Å²) >= 11 is 0. The molecule has 0 saturated carbocycles. The van der Waals surface area contributed by atoms with Crippen LogP contribution in [0.4, 0.5) is 0 Å². The average Bonchev–Trinajstić information content (AvgIpc) is 3.24. The van der Waals surface area contributed by atoms with Gasteiger partial charge in [-0.3, -0.25) is 14.4 Å². The van der Waals surface area contributed by atoms with Gasteiger partial charge < -0.3 is 14.2 Å². The van der Waals surface area contributed by atoms with Gasteiger partial charge in [-0.2, -0.15) is 0 Å². The van der Waals surface area contributed by atoms with Crippen molar-refractivity contribution in [3.63, 3.8) is 0 Å². The number of hydrogen-bond acceptors (Lipinski definition) is 6. The van der Waals surface area contributed by atoms with Crippen LogP contribution in [0.15, 0.2) is 60.8 Å². The van der Waals surface area contributed by atoms with Crippen LogP contribution in [0.2, 0.25) is 0 Å². The summed E-state index contributed by atoms with van der Waals surface area (Å²) in [4.78, 5) is 37.9. The molecule has 1 atom stereocenters. The van der Waals surface area contributed by atoms with Crippen molar-refractivity contribution < 1.29 is 28.6 Å². The predicted octanol–water partition coefficient (Wildman–Crippen LogP) is 16.5. The van der Waals surface area contributed by atoms with Gasteiger partial charge in [0.15, 0.2) is 6.10 Å². The summed E-state index contributed by atoms with van der Waals surface area (Å²) in [6.45, 7) is 6.39.